The maximum Gasteiger partial charge on any atom is 0.300 e. The van der Waals surface area contributed by atoms with Crippen LogP contribution in [0.3, 0.4) is 0 Å². The number of pyridine rings is 1. The van der Waals surface area contributed by atoms with Crippen molar-refractivity contribution in [3.05, 3.63) is 54.2 Å². The lowest BCUT2D eigenvalue weighted by molar-refractivity contribution is -0.132. The van der Waals surface area contributed by atoms with Gasteiger partial charge in [-0.2, -0.15) is 4.98 Å². The molecule has 4 rings (SSSR count). The molecule has 0 saturated carbocycles. The van der Waals surface area contributed by atoms with Gasteiger partial charge in [-0.15, -0.1) is 0 Å². The Morgan fingerprint density at radius 3 is 2.56 bits per heavy atom. The number of piperazine rings is 1. The maximum atomic E-state index is 12.7. The number of oxazole rings is 1. The van der Waals surface area contributed by atoms with Crippen molar-refractivity contribution in [1.82, 2.24) is 14.9 Å². The van der Waals surface area contributed by atoms with Crippen LogP contribution in [0.2, 0.25) is 0 Å². The number of rotatable bonds is 3. The van der Waals surface area contributed by atoms with E-state index in [0.717, 1.165) is 5.56 Å². The molecule has 1 fully saturated rings. The second-order valence-corrected chi connectivity index (χ2v) is 6.27. The molecular formula is C19H20N4O2. The van der Waals surface area contributed by atoms with Crippen LogP contribution in [0.5, 0.6) is 0 Å². The number of fused-ring (bicyclic) bond motifs is 1. The number of nitrogens with zero attached hydrogens (tertiary/aromatic N) is 4. The summed E-state index contributed by atoms with van der Waals surface area (Å²) in [5, 5.41) is 0. The third-order valence-corrected chi connectivity index (χ3v) is 4.69. The molecule has 1 aliphatic rings. The van der Waals surface area contributed by atoms with Gasteiger partial charge >= 0.3 is 0 Å². The maximum absolute atomic E-state index is 12.7. The Kier molecular flexibility index (Phi) is 4.09. The zero-order valence-electron chi connectivity index (χ0n) is 14.1. The fourth-order valence-electron chi connectivity index (χ4n) is 3.17. The Labute approximate surface area is 146 Å². The average Bonchev–Trinajstić information content (AvgIpc) is 3.12. The van der Waals surface area contributed by atoms with E-state index in [1.54, 1.807) is 6.20 Å². The first kappa shape index (κ1) is 15.6. The van der Waals surface area contributed by atoms with Gasteiger partial charge in [0.1, 0.15) is 0 Å². The Bertz CT molecular complexity index is 836. The highest BCUT2D eigenvalue weighted by Crippen LogP contribution is 2.23. The monoisotopic (exact) mass is 336 g/mol. The number of hydrogen-bond acceptors (Lipinski definition) is 5. The Balaban J connectivity index is 1.41. The molecule has 6 nitrogen and oxygen atoms in total. The van der Waals surface area contributed by atoms with E-state index in [4.69, 9.17) is 4.42 Å². The predicted molar refractivity (Wildman–Crippen MR) is 95.5 cm³/mol. The number of amides is 1. The van der Waals surface area contributed by atoms with Gasteiger partial charge in [-0.3, -0.25) is 4.79 Å². The van der Waals surface area contributed by atoms with Crippen LogP contribution in [0.15, 0.2) is 53.1 Å². The molecule has 1 atom stereocenters. The summed E-state index contributed by atoms with van der Waals surface area (Å²) in [6.07, 6.45) is 1.70. The highest BCUT2D eigenvalue weighted by atomic mass is 16.4. The summed E-state index contributed by atoms with van der Waals surface area (Å²) in [4.78, 5) is 25.4. The van der Waals surface area contributed by atoms with Crippen LogP contribution in [0, 0.1) is 0 Å². The average molecular weight is 336 g/mol. The number of hydrogen-bond donors (Lipinski definition) is 0. The molecule has 1 aliphatic heterocycles. The van der Waals surface area contributed by atoms with Crippen LogP contribution in [0.1, 0.15) is 18.4 Å². The molecule has 0 radical (unpaired) electrons. The number of anilines is 1. The van der Waals surface area contributed by atoms with Gasteiger partial charge in [0.05, 0.1) is 5.92 Å². The predicted octanol–water partition coefficient (Wildman–Crippen LogP) is 2.68. The van der Waals surface area contributed by atoms with Gasteiger partial charge in [0.2, 0.25) is 11.6 Å². The molecule has 1 amide bonds. The molecule has 2 aromatic heterocycles. The van der Waals surface area contributed by atoms with Crippen molar-refractivity contribution in [2.75, 3.05) is 31.1 Å². The van der Waals surface area contributed by atoms with Crippen LogP contribution in [-0.2, 0) is 4.79 Å². The first-order valence-corrected chi connectivity index (χ1v) is 8.52. The van der Waals surface area contributed by atoms with E-state index in [-0.39, 0.29) is 11.8 Å². The lowest BCUT2D eigenvalue weighted by atomic mass is 9.99. The van der Waals surface area contributed by atoms with Crippen molar-refractivity contribution < 1.29 is 9.21 Å². The quantitative estimate of drug-likeness (QED) is 0.736. The van der Waals surface area contributed by atoms with Crippen molar-refractivity contribution in [2.45, 2.75) is 12.8 Å². The van der Waals surface area contributed by atoms with E-state index in [9.17, 15) is 4.79 Å². The first-order valence-electron chi connectivity index (χ1n) is 8.52. The van der Waals surface area contributed by atoms with E-state index in [2.05, 4.69) is 14.9 Å². The standard InChI is InChI=1S/C19H20N4O2/c1-14(15-6-3-2-4-7-15)18(24)22-10-12-23(13-11-22)19-21-17-16(25-19)8-5-9-20-17/h2-9,14H,10-13H2,1H3/t14-/m1/s1. The molecule has 0 unspecified atom stereocenters. The second kappa shape index (κ2) is 6.55. The van der Waals surface area contributed by atoms with Crippen molar-refractivity contribution in [2.24, 2.45) is 0 Å². The molecule has 0 aliphatic carbocycles. The van der Waals surface area contributed by atoms with Crippen LogP contribution in [0.4, 0.5) is 6.01 Å². The van der Waals surface area contributed by atoms with Gasteiger partial charge in [-0.1, -0.05) is 30.3 Å². The number of carbonyl (C=O) groups excluding carboxylic acids is 1. The Morgan fingerprint density at radius 2 is 1.84 bits per heavy atom. The molecule has 128 valence electrons. The van der Waals surface area contributed by atoms with Crippen LogP contribution < -0.4 is 4.90 Å². The van der Waals surface area contributed by atoms with Crippen molar-refractivity contribution in [1.29, 1.82) is 0 Å². The van der Waals surface area contributed by atoms with E-state index in [1.807, 2.05) is 54.3 Å². The molecule has 1 saturated heterocycles. The van der Waals surface area contributed by atoms with Gasteiger partial charge < -0.3 is 14.2 Å². The third kappa shape index (κ3) is 3.07. The molecule has 6 heteroatoms. The van der Waals surface area contributed by atoms with Gasteiger partial charge in [-0.25, -0.2) is 4.98 Å². The van der Waals surface area contributed by atoms with Crippen LogP contribution >= 0.6 is 0 Å². The summed E-state index contributed by atoms with van der Waals surface area (Å²) in [7, 11) is 0. The van der Waals surface area contributed by atoms with E-state index in [1.165, 1.54) is 0 Å². The zero-order chi connectivity index (χ0) is 17.2. The molecule has 0 spiro atoms. The second-order valence-electron chi connectivity index (χ2n) is 6.27. The van der Waals surface area contributed by atoms with E-state index >= 15 is 0 Å². The molecule has 3 heterocycles. The summed E-state index contributed by atoms with van der Waals surface area (Å²) in [5.41, 5.74) is 2.36. The minimum absolute atomic E-state index is 0.124. The molecule has 3 aromatic rings. The fourth-order valence-corrected chi connectivity index (χ4v) is 3.17. The highest BCUT2D eigenvalue weighted by Gasteiger charge is 2.27. The first-order chi connectivity index (χ1) is 12.2. The SMILES string of the molecule is C[C@@H](C(=O)N1CCN(c2nc3ncccc3o2)CC1)c1ccccc1. The fraction of sp³-hybridized carbons (Fsp3) is 0.316. The van der Waals surface area contributed by atoms with E-state index < -0.39 is 0 Å². The largest absolute Gasteiger partial charge is 0.422 e. The summed E-state index contributed by atoms with van der Waals surface area (Å²) in [6.45, 7) is 4.72. The van der Waals surface area contributed by atoms with Crippen molar-refractivity contribution >= 4 is 23.2 Å². The lowest BCUT2D eigenvalue weighted by Gasteiger charge is -2.35. The molecule has 1 aromatic carbocycles. The zero-order valence-corrected chi connectivity index (χ0v) is 14.1. The van der Waals surface area contributed by atoms with Gasteiger partial charge in [0, 0.05) is 32.4 Å². The van der Waals surface area contributed by atoms with E-state index in [0.29, 0.717) is 43.4 Å². The highest BCUT2D eigenvalue weighted by molar-refractivity contribution is 5.83. The molecular weight excluding hydrogens is 316 g/mol. The van der Waals surface area contributed by atoms with Crippen molar-refractivity contribution in [3.63, 3.8) is 0 Å². The van der Waals surface area contributed by atoms with Crippen LogP contribution in [-0.4, -0.2) is 47.0 Å². The number of carbonyl (C=O) groups is 1. The Morgan fingerprint density at radius 1 is 1.08 bits per heavy atom. The molecule has 25 heavy (non-hydrogen) atoms. The van der Waals surface area contributed by atoms with Gasteiger partial charge in [-0.05, 0) is 24.6 Å². The minimum atomic E-state index is -0.124. The number of benzene rings is 1. The summed E-state index contributed by atoms with van der Waals surface area (Å²) >= 11 is 0. The summed E-state index contributed by atoms with van der Waals surface area (Å²) in [5.74, 6) is 0.0476. The molecule has 0 N–H and O–H groups in total. The van der Waals surface area contributed by atoms with Crippen LogP contribution in [0.25, 0.3) is 11.2 Å². The summed E-state index contributed by atoms with van der Waals surface area (Å²) < 4.78 is 5.77. The Hall–Kier alpha value is -2.89. The smallest absolute Gasteiger partial charge is 0.300 e. The lowest BCUT2D eigenvalue weighted by Crippen LogP contribution is -2.50. The molecule has 0 bridgehead atoms. The third-order valence-electron chi connectivity index (χ3n) is 4.69. The van der Waals surface area contributed by atoms with Gasteiger partial charge in [0.15, 0.2) is 5.58 Å². The summed E-state index contributed by atoms with van der Waals surface area (Å²) in [6, 6.07) is 14.2. The van der Waals surface area contributed by atoms with Crippen molar-refractivity contribution in [3.8, 4) is 0 Å². The number of aromatic nitrogens is 2. The topological polar surface area (TPSA) is 62.5 Å². The normalized spacial score (nSPS) is 16.2. The van der Waals surface area contributed by atoms with Gasteiger partial charge in [0.25, 0.3) is 6.01 Å². The minimum Gasteiger partial charge on any atom is -0.422 e.